The van der Waals surface area contributed by atoms with E-state index in [1.165, 1.54) is 11.1 Å². The average molecular weight is 184 g/mol. The van der Waals surface area contributed by atoms with Crippen molar-refractivity contribution in [2.45, 2.75) is 18.9 Å². The van der Waals surface area contributed by atoms with E-state index in [1.807, 2.05) is 12.1 Å². The Hall–Kier alpha value is -1.50. The average Bonchev–Trinajstić information content (AvgIpc) is 2.17. The molecular formula is C13H12O. The van der Waals surface area contributed by atoms with E-state index in [0.717, 1.165) is 12.2 Å². The van der Waals surface area contributed by atoms with Gasteiger partial charge < -0.3 is 4.74 Å². The van der Waals surface area contributed by atoms with Crippen LogP contribution in [-0.2, 0) is 0 Å². The van der Waals surface area contributed by atoms with Gasteiger partial charge in [0.25, 0.3) is 0 Å². The fourth-order valence-electron chi connectivity index (χ4n) is 2.19. The van der Waals surface area contributed by atoms with Gasteiger partial charge in [-0.1, -0.05) is 30.4 Å². The molecule has 0 fully saturated rings. The van der Waals surface area contributed by atoms with E-state index in [4.69, 9.17) is 4.74 Å². The van der Waals surface area contributed by atoms with Crippen molar-refractivity contribution in [3.8, 4) is 5.75 Å². The van der Waals surface area contributed by atoms with Crippen molar-refractivity contribution in [1.29, 1.82) is 0 Å². The van der Waals surface area contributed by atoms with Gasteiger partial charge in [0.15, 0.2) is 0 Å². The molecule has 0 N–H and O–H groups in total. The van der Waals surface area contributed by atoms with Crippen molar-refractivity contribution in [1.82, 2.24) is 0 Å². The first kappa shape index (κ1) is 7.86. The maximum absolute atomic E-state index is 5.96. The quantitative estimate of drug-likeness (QED) is 0.601. The minimum atomic E-state index is -0.127. The van der Waals surface area contributed by atoms with Crippen molar-refractivity contribution in [2.75, 3.05) is 0 Å². The van der Waals surface area contributed by atoms with Gasteiger partial charge in [0.05, 0.1) is 0 Å². The molecule has 0 aromatic heterocycles. The number of rotatable bonds is 0. The lowest BCUT2D eigenvalue weighted by atomic mass is 9.84. The van der Waals surface area contributed by atoms with Crippen LogP contribution in [0.25, 0.3) is 5.57 Å². The molecule has 0 saturated carbocycles. The SMILES string of the molecule is CC12C=CC=C(C1)c1ccccc1O2. The fourth-order valence-corrected chi connectivity index (χ4v) is 2.19. The largest absolute Gasteiger partial charge is 0.483 e. The number of hydrogen-bond donors (Lipinski definition) is 0. The van der Waals surface area contributed by atoms with Crippen molar-refractivity contribution < 1.29 is 4.74 Å². The minimum Gasteiger partial charge on any atom is -0.483 e. The normalized spacial score (nSPS) is 27.6. The molecule has 2 bridgehead atoms. The summed E-state index contributed by atoms with van der Waals surface area (Å²) in [6.07, 6.45) is 7.39. The number of para-hydroxylation sites is 1. The minimum absolute atomic E-state index is 0.127. The third-order valence-electron chi connectivity index (χ3n) is 2.86. The summed E-state index contributed by atoms with van der Waals surface area (Å²) in [7, 11) is 0. The van der Waals surface area contributed by atoms with E-state index < -0.39 is 0 Å². The molecule has 0 radical (unpaired) electrons. The Balaban J connectivity index is 2.23. The summed E-state index contributed by atoms with van der Waals surface area (Å²) in [6, 6.07) is 8.25. The summed E-state index contributed by atoms with van der Waals surface area (Å²) < 4.78 is 5.96. The van der Waals surface area contributed by atoms with Gasteiger partial charge in [0.2, 0.25) is 0 Å². The molecule has 1 aromatic carbocycles. The monoisotopic (exact) mass is 184 g/mol. The Kier molecular flexibility index (Phi) is 1.41. The second-order valence-corrected chi connectivity index (χ2v) is 4.14. The molecule has 1 aliphatic heterocycles. The lowest BCUT2D eigenvalue weighted by molar-refractivity contribution is 0.137. The van der Waals surface area contributed by atoms with Gasteiger partial charge >= 0.3 is 0 Å². The van der Waals surface area contributed by atoms with E-state index in [2.05, 4.69) is 37.3 Å². The highest BCUT2D eigenvalue weighted by Crippen LogP contribution is 2.42. The van der Waals surface area contributed by atoms with Crippen LogP contribution in [0.3, 0.4) is 0 Å². The molecule has 0 saturated heterocycles. The van der Waals surface area contributed by atoms with E-state index in [-0.39, 0.29) is 5.60 Å². The molecule has 1 unspecified atom stereocenters. The molecule has 70 valence electrons. The molecule has 14 heavy (non-hydrogen) atoms. The fraction of sp³-hybridized carbons (Fsp3) is 0.231. The maximum Gasteiger partial charge on any atom is 0.129 e. The van der Waals surface area contributed by atoms with E-state index >= 15 is 0 Å². The van der Waals surface area contributed by atoms with Gasteiger partial charge in [-0.2, -0.15) is 0 Å². The van der Waals surface area contributed by atoms with Gasteiger partial charge in [-0.05, 0) is 24.6 Å². The van der Waals surface area contributed by atoms with Crippen molar-refractivity contribution in [3.63, 3.8) is 0 Å². The second-order valence-electron chi connectivity index (χ2n) is 4.14. The van der Waals surface area contributed by atoms with Gasteiger partial charge in [-0.3, -0.25) is 0 Å². The summed E-state index contributed by atoms with van der Waals surface area (Å²) in [5.41, 5.74) is 2.50. The first-order chi connectivity index (χ1) is 6.77. The predicted molar refractivity (Wildman–Crippen MR) is 57.2 cm³/mol. The topological polar surface area (TPSA) is 9.23 Å². The van der Waals surface area contributed by atoms with Gasteiger partial charge in [0, 0.05) is 12.0 Å². The van der Waals surface area contributed by atoms with Crippen LogP contribution < -0.4 is 4.74 Å². The Labute approximate surface area is 83.7 Å². The van der Waals surface area contributed by atoms with E-state index in [0.29, 0.717) is 0 Å². The van der Waals surface area contributed by atoms with Crippen LogP contribution in [0.15, 0.2) is 42.5 Å². The second kappa shape index (κ2) is 2.50. The van der Waals surface area contributed by atoms with Crippen molar-refractivity contribution >= 4 is 5.57 Å². The standard InChI is InChI=1S/C13H12O/c1-13-8-4-5-10(9-13)11-6-2-3-7-12(11)14-13/h2-8H,9H2,1H3. The molecule has 3 rings (SSSR count). The van der Waals surface area contributed by atoms with Gasteiger partial charge in [-0.15, -0.1) is 0 Å². The number of ether oxygens (including phenoxy) is 1. The highest BCUT2D eigenvalue weighted by molar-refractivity contribution is 5.75. The Morgan fingerprint density at radius 2 is 2.14 bits per heavy atom. The molecule has 1 atom stereocenters. The molecule has 1 heteroatoms. The zero-order valence-electron chi connectivity index (χ0n) is 8.16. The summed E-state index contributed by atoms with van der Waals surface area (Å²) in [5.74, 6) is 1.01. The van der Waals surface area contributed by atoms with Crippen LogP contribution in [0.1, 0.15) is 18.9 Å². The van der Waals surface area contributed by atoms with Crippen LogP contribution in [0.2, 0.25) is 0 Å². The highest BCUT2D eigenvalue weighted by atomic mass is 16.5. The maximum atomic E-state index is 5.96. The highest BCUT2D eigenvalue weighted by Gasteiger charge is 2.33. The summed E-state index contributed by atoms with van der Waals surface area (Å²) in [6.45, 7) is 2.13. The first-order valence-corrected chi connectivity index (χ1v) is 4.94. The Morgan fingerprint density at radius 1 is 1.29 bits per heavy atom. The molecule has 0 spiro atoms. The third-order valence-corrected chi connectivity index (χ3v) is 2.86. The third kappa shape index (κ3) is 1.02. The van der Waals surface area contributed by atoms with Crippen LogP contribution in [0.4, 0.5) is 0 Å². The molecule has 1 aromatic rings. The molecular weight excluding hydrogens is 172 g/mol. The molecule has 1 aliphatic carbocycles. The molecule has 0 amide bonds. The number of fused-ring (bicyclic) bond motifs is 4. The van der Waals surface area contributed by atoms with Crippen molar-refractivity contribution in [3.05, 3.63) is 48.1 Å². The Morgan fingerprint density at radius 3 is 3.07 bits per heavy atom. The Bertz CT molecular complexity index is 442. The summed E-state index contributed by atoms with van der Waals surface area (Å²) in [4.78, 5) is 0. The summed E-state index contributed by atoms with van der Waals surface area (Å²) in [5, 5.41) is 0. The zero-order chi connectivity index (χ0) is 9.60. The number of benzene rings is 1. The van der Waals surface area contributed by atoms with Crippen LogP contribution >= 0.6 is 0 Å². The van der Waals surface area contributed by atoms with Gasteiger partial charge in [0.1, 0.15) is 11.4 Å². The predicted octanol–water partition coefficient (Wildman–Crippen LogP) is 3.18. The number of allylic oxidation sites excluding steroid dienone is 2. The first-order valence-electron chi connectivity index (χ1n) is 4.94. The molecule has 1 nitrogen and oxygen atoms in total. The van der Waals surface area contributed by atoms with Crippen LogP contribution in [-0.4, -0.2) is 5.60 Å². The van der Waals surface area contributed by atoms with Crippen LogP contribution in [0, 0.1) is 0 Å². The smallest absolute Gasteiger partial charge is 0.129 e. The van der Waals surface area contributed by atoms with Gasteiger partial charge in [-0.25, -0.2) is 0 Å². The van der Waals surface area contributed by atoms with E-state index in [1.54, 1.807) is 0 Å². The van der Waals surface area contributed by atoms with Crippen molar-refractivity contribution in [2.24, 2.45) is 0 Å². The summed E-state index contributed by atoms with van der Waals surface area (Å²) >= 11 is 0. The van der Waals surface area contributed by atoms with Crippen LogP contribution in [0.5, 0.6) is 5.75 Å². The molecule has 1 heterocycles. The number of hydrogen-bond acceptors (Lipinski definition) is 1. The zero-order valence-corrected chi connectivity index (χ0v) is 8.16. The lowest BCUT2D eigenvalue weighted by Gasteiger charge is -2.36. The molecule has 2 aliphatic rings. The van der Waals surface area contributed by atoms with E-state index in [9.17, 15) is 0 Å². The lowest BCUT2D eigenvalue weighted by Crippen LogP contribution is -2.34.